The maximum Gasteiger partial charge on any atom is 0.250 e. The zero-order valence-corrected chi connectivity index (χ0v) is 15.5. The average Bonchev–Trinajstić information content (AvgIpc) is 2.91. The lowest BCUT2D eigenvalue weighted by Crippen LogP contribution is -2.45. The zero-order valence-electron chi connectivity index (χ0n) is 14.6. The van der Waals surface area contributed by atoms with Crippen molar-refractivity contribution in [2.24, 2.45) is 5.92 Å². The Morgan fingerprint density at radius 1 is 1.12 bits per heavy atom. The number of nitrogens with zero attached hydrogens (tertiary/aromatic N) is 3. The minimum atomic E-state index is -0.101. The van der Waals surface area contributed by atoms with E-state index in [0.29, 0.717) is 11.7 Å². The normalized spacial score (nSPS) is 16.9. The first-order valence-corrected chi connectivity index (χ1v) is 8.63. The minimum Gasteiger partial charge on any atom is -0.378 e. The van der Waals surface area contributed by atoms with Crippen LogP contribution < -0.4 is 15.2 Å². The van der Waals surface area contributed by atoms with Crippen LogP contribution in [0.4, 0.5) is 17.1 Å². The second-order valence-electron chi connectivity index (χ2n) is 6.34. The largest absolute Gasteiger partial charge is 0.378 e. The molecular weight excluding hydrogens is 332 g/mol. The van der Waals surface area contributed by atoms with E-state index < -0.39 is 0 Å². The van der Waals surface area contributed by atoms with E-state index in [1.807, 2.05) is 85.5 Å². The molecule has 130 valence electrons. The van der Waals surface area contributed by atoms with Crippen LogP contribution in [0.25, 0.3) is 0 Å². The molecule has 0 aromatic heterocycles. The summed E-state index contributed by atoms with van der Waals surface area (Å²) in [4.78, 5) is 14.6. The number of carbonyl (C=O) groups excluding carboxylic acids is 1. The van der Waals surface area contributed by atoms with E-state index in [2.05, 4.69) is 5.32 Å². The highest BCUT2D eigenvalue weighted by atomic mass is 32.1. The summed E-state index contributed by atoms with van der Waals surface area (Å²) >= 11 is 5.57. The Balaban J connectivity index is 1.79. The molecule has 25 heavy (non-hydrogen) atoms. The molecule has 0 saturated carbocycles. The van der Waals surface area contributed by atoms with E-state index in [4.69, 9.17) is 12.2 Å². The molecule has 0 spiro atoms. The number of carbonyl (C=O) groups is 1. The molecule has 3 rings (SSSR count). The van der Waals surface area contributed by atoms with Gasteiger partial charge in [0.15, 0.2) is 5.11 Å². The summed E-state index contributed by atoms with van der Waals surface area (Å²) in [6.45, 7) is 2.49. The van der Waals surface area contributed by atoms with Crippen molar-refractivity contribution in [3.8, 4) is 0 Å². The number of rotatable bonds is 3. The van der Waals surface area contributed by atoms with Crippen molar-refractivity contribution in [1.29, 1.82) is 0 Å². The van der Waals surface area contributed by atoms with Gasteiger partial charge in [-0.25, -0.2) is 5.01 Å². The standard InChI is InChI=1S/C19H22N4OS/c1-14-13-22(23(18(14)24)17-7-5-4-6-8-17)19(25)20-15-9-11-16(12-10-15)21(2)3/h4-12,14H,13H2,1-3H3,(H,20,25). The molecule has 1 aliphatic rings. The van der Waals surface area contributed by atoms with Gasteiger partial charge in [-0.3, -0.25) is 9.80 Å². The van der Waals surface area contributed by atoms with E-state index in [-0.39, 0.29) is 11.8 Å². The quantitative estimate of drug-likeness (QED) is 0.856. The zero-order chi connectivity index (χ0) is 18.0. The van der Waals surface area contributed by atoms with Crippen molar-refractivity contribution in [2.45, 2.75) is 6.92 Å². The molecule has 0 bridgehead atoms. The summed E-state index contributed by atoms with van der Waals surface area (Å²) < 4.78 is 0. The molecule has 6 heteroatoms. The number of hydrazine groups is 1. The first kappa shape index (κ1) is 17.2. The lowest BCUT2D eigenvalue weighted by molar-refractivity contribution is -0.120. The van der Waals surface area contributed by atoms with Crippen LogP contribution in [0.15, 0.2) is 54.6 Å². The molecule has 1 saturated heterocycles. The molecule has 2 aromatic rings. The van der Waals surface area contributed by atoms with Crippen LogP contribution in [0, 0.1) is 5.92 Å². The van der Waals surface area contributed by atoms with Crippen LogP contribution in [0.5, 0.6) is 0 Å². The fourth-order valence-electron chi connectivity index (χ4n) is 2.79. The maximum atomic E-state index is 12.6. The smallest absolute Gasteiger partial charge is 0.250 e. The van der Waals surface area contributed by atoms with Crippen molar-refractivity contribution >= 4 is 40.3 Å². The third-order valence-electron chi connectivity index (χ3n) is 4.19. The summed E-state index contributed by atoms with van der Waals surface area (Å²) in [6, 6.07) is 17.6. The molecule has 1 N–H and O–H groups in total. The molecule has 0 aliphatic carbocycles. The first-order chi connectivity index (χ1) is 12.0. The van der Waals surface area contributed by atoms with E-state index in [1.54, 1.807) is 5.01 Å². The predicted octanol–water partition coefficient (Wildman–Crippen LogP) is 3.35. The number of hydrogen-bond acceptors (Lipinski definition) is 3. The van der Waals surface area contributed by atoms with Gasteiger partial charge in [0.1, 0.15) is 0 Å². The van der Waals surface area contributed by atoms with Gasteiger partial charge in [0.05, 0.1) is 18.2 Å². The number of amides is 1. The number of para-hydroxylation sites is 1. The summed E-state index contributed by atoms with van der Waals surface area (Å²) in [6.07, 6.45) is 0. The van der Waals surface area contributed by atoms with Crippen molar-refractivity contribution in [3.63, 3.8) is 0 Å². The fourth-order valence-corrected chi connectivity index (χ4v) is 3.06. The first-order valence-electron chi connectivity index (χ1n) is 8.22. The Labute approximate surface area is 153 Å². The molecule has 2 aromatic carbocycles. The lowest BCUT2D eigenvalue weighted by Gasteiger charge is -2.30. The van der Waals surface area contributed by atoms with Gasteiger partial charge in [-0.2, -0.15) is 0 Å². The Kier molecular flexibility index (Phi) is 4.90. The van der Waals surface area contributed by atoms with Crippen LogP contribution in [0.1, 0.15) is 6.92 Å². The van der Waals surface area contributed by atoms with Crippen molar-refractivity contribution in [1.82, 2.24) is 5.01 Å². The molecule has 1 fully saturated rings. The van der Waals surface area contributed by atoms with Gasteiger partial charge in [0.25, 0.3) is 5.91 Å². The summed E-state index contributed by atoms with van der Waals surface area (Å²) in [5.74, 6) is -0.0469. The Hall–Kier alpha value is -2.60. The van der Waals surface area contributed by atoms with Crippen molar-refractivity contribution < 1.29 is 4.79 Å². The van der Waals surface area contributed by atoms with Crippen molar-refractivity contribution in [2.75, 3.05) is 35.9 Å². The lowest BCUT2D eigenvalue weighted by atomic mass is 10.2. The van der Waals surface area contributed by atoms with Crippen LogP contribution in [0.3, 0.4) is 0 Å². The monoisotopic (exact) mass is 354 g/mol. The van der Waals surface area contributed by atoms with Gasteiger partial charge < -0.3 is 10.2 Å². The summed E-state index contributed by atoms with van der Waals surface area (Å²) in [7, 11) is 4.00. The van der Waals surface area contributed by atoms with E-state index in [1.165, 1.54) is 0 Å². The van der Waals surface area contributed by atoms with Crippen LogP contribution >= 0.6 is 12.2 Å². The SMILES string of the molecule is CC1CN(C(=S)Nc2ccc(N(C)C)cc2)N(c2ccccc2)C1=O. The molecule has 1 atom stereocenters. The number of hydrogen-bond donors (Lipinski definition) is 1. The number of benzene rings is 2. The van der Waals surface area contributed by atoms with Crippen LogP contribution in [-0.2, 0) is 4.79 Å². The van der Waals surface area contributed by atoms with E-state index in [0.717, 1.165) is 17.1 Å². The maximum absolute atomic E-state index is 12.6. The highest BCUT2D eigenvalue weighted by Gasteiger charge is 2.37. The molecular formula is C19H22N4OS. The Morgan fingerprint density at radius 3 is 2.36 bits per heavy atom. The third kappa shape index (κ3) is 3.58. The average molecular weight is 354 g/mol. The van der Waals surface area contributed by atoms with Gasteiger partial charge >= 0.3 is 0 Å². The Morgan fingerprint density at radius 2 is 1.76 bits per heavy atom. The van der Waals surface area contributed by atoms with E-state index >= 15 is 0 Å². The molecule has 1 amide bonds. The minimum absolute atomic E-state index is 0.0540. The highest BCUT2D eigenvalue weighted by molar-refractivity contribution is 7.80. The molecule has 5 nitrogen and oxygen atoms in total. The highest BCUT2D eigenvalue weighted by Crippen LogP contribution is 2.26. The third-order valence-corrected chi connectivity index (χ3v) is 4.50. The fraction of sp³-hybridized carbons (Fsp3) is 0.263. The topological polar surface area (TPSA) is 38.8 Å². The summed E-state index contributed by atoms with van der Waals surface area (Å²) in [5.41, 5.74) is 2.84. The van der Waals surface area contributed by atoms with Gasteiger partial charge in [0, 0.05) is 25.5 Å². The van der Waals surface area contributed by atoms with Gasteiger partial charge in [-0.05, 0) is 48.6 Å². The second-order valence-corrected chi connectivity index (χ2v) is 6.73. The summed E-state index contributed by atoms with van der Waals surface area (Å²) in [5, 5.41) is 7.24. The second kappa shape index (κ2) is 7.11. The predicted molar refractivity (Wildman–Crippen MR) is 107 cm³/mol. The van der Waals surface area contributed by atoms with E-state index in [9.17, 15) is 4.79 Å². The number of nitrogens with one attached hydrogen (secondary N) is 1. The van der Waals surface area contributed by atoms with Gasteiger partial charge in [0.2, 0.25) is 0 Å². The molecule has 1 unspecified atom stereocenters. The molecule has 1 aliphatic heterocycles. The van der Waals surface area contributed by atoms with Crippen LogP contribution in [-0.4, -0.2) is 36.7 Å². The van der Waals surface area contributed by atoms with Crippen LogP contribution in [0.2, 0.25) is 0 Å². The number of thiocarbonyl (C=S) groups is 1. The molecule has 0 radical (unpaired) electrons. The molecule has 1 heterocycles. The van der Waals surface area contributed by atoms with Gasteiger partial charge in [-0.1, -0.05) is 25.1 Å². The van der Waals surface area contributed by atoms with Gasteiger partial charge in [-0.15, -0.1) is 0 Å². The van der Waals surface area contributed by atoms with Crippen molar-refractivity contribution in [3.05, 3.63) is 54.6 Å². The Bertz CT molecular complexity index is 761. The number of anilines is 3.